The van der Waals surface area contributed by atoms with Crippen molar-refractivity contribution in [3.8, 4) is 0 Å². The highest BCUT2D eigenvalue weighted by Crippen LogP contribution is 2.33. The van der Waals surface area contributed by atoms with E-state index in [9.17, 15) is 8.42 Å². The number of hydrogen-bond donors (Lipinski definition) is 3. The summed E-state index contributed by atoms with van der Waals surface area (Å²) in [6, 6.07) is 11.5. The minimum absolute atomic E-state index is 0.0690. The summed E-state index contributed by atoms with van der Waals surface area (Å²) < 4.78 is 31.7. The van der Waals surface area contributed by atoms with Crippen LogP contribution in [0.1, 0.15) is 0 Å². The van der Waals surface area contributed by atoms with Gasteiger partial charge in [-0.05, 0) is 24.3 Å². The molecular formula is C13H14N4O3S. The zero-order valence-corrected chi connectivity index (χ0v) is 12.0. The van der Waals surface area contributed by atoms with Gasteiger partial charge in [0.1, 0.15) is 10.6 Å². The van der Waals surface area contributed by atoms with Gasteiger partial charge in [0, 0.05) is 7.05 Å². The van der Waals surface area contributed by atoms with Crippen LogP contribution in [0, 0.1) is 0 Å². The van der Waals surface area contributed by atoms with Gasteiger partial charge in [-0.3, -0.25) is 4.55 Å². The van der Waals surface area contributed by atoms with Gasteiger partial charge in [-0.15, -0.1) is 5.11 Å². The number of benzene rings is 2. The first-order valence-electron chi connectivity index (χ1n) is 5.97. The fourth-order valence-electron chi connectivity index (χ4n) is 1.70. The van der Waals surface area contributed by atoms with E-state index in [-0.39, 0.29) is 11.4 Å². The summed E-state index contributed by atoms with van der Waals surface area (Å²) in [6.07, 6.45) is 0. The molecular weight excluding hydrogens is 292 g/mol. The first kappa shape index (κ1) is 14.9. The largest absolute Gasteiger partial charge is 0.398 e. The Morgan fingerprint density at radius 1 is 1.14 bits per heavy atom. The molecule has 0 unspecified atom stereocenters. The van der Waals surface area contributed by atoms with Crippen LogP contribution >= 0.6 is 0 Å². The number of hydrogen-bond acceptors (Lipinski definition) is 6. The Morgan fingerprint density at radius 3 is 2.38 bits per heavy atom. The molecule has 4 N–H and O–H groups in total. The summed E-state index contributed by atoms with van der Waals surface area (Å²) in [5, 5.41) is 10.8. The molecule has 0 bridgehead atoms. The molecule has 0 saturated carbocycles. The second kappa shape index (κ2) is 5.90. The van der Waals surface area contributed by atoms with Crippen molar-refractivity contribution in [3.05, 3.63) is 42.5 Å². The van der Waals surface area contributed by atoms with Gasteiger partial charge < -0.3 is 11.1 Å². The zero-order valence-electron chi connectivity index (χ0n) is 11.2. The molecule has 0 amide bonds. The van der Waals surface area contributed by atoms with Crippen molar-refractivity contribution in [2.45, 2.75) is 4.90 Å². The summed E-state index contributed by atoms with van der Waals surface area (Å²) in [5.74, 6) is 0. The van der Waals surface area contributed by atoms with Crippen LogP contribution in [-0.4, -0.2) is 20.0 Å². The van der Waals surface area contributed by atoms with Gasteiger partial charge in [0.15, 0.2) is 0 Å². The smallest absolute Gasteiger partial charge is 0.296 e. The number of nitrogens with two attached hydrogens (primary N) is 1. The van der Waals surface area contributed by atoms with Crippen molar-refractivity contribution in [1.82, 2.24) is 0 Å². The predicted octanol–water partition coefficient (Wildman–Crippen LogP) is 2.97. The molecule has 110 valence electrons. The lowest BCUT2D eigenvalue weighted by Crippen LogP contribution is -2.04. The third-order valence-corrected chi connectivity index (χ3v) is 3.61. The molecule has 0 aromatic heterocycles. The van der Waals surface area contributed by atoms with E-state index in [1.54, 1.807) is 31.3 Å². The lowest BCUT2D eigenvalue weighted by atomic mass is 10.2. The number of nitrogens with one attached hydrogen (secondary N) is 1. The van der Waals surface area contributed by atoms with Crippen LogP contribution in [-0.2, 0) is 10.1 Å². The Bertz CT molecular complexity index is 774. The van der Waals surface area contributed by atoms with Crippen molar-refractivity contribution in [3.63, 3.8) is 0 Å². The summed E-state index contributed by atoms with van der Waals surface area (Å²) in [4.78, 5) is -0.400. The summed E-state index contributed by atoms with van der Waals surface area (Å²) in [5.41, 5.74) is 6.91. The first-order chi connectivity index (χ1) is 9.91. The van der Waals surface area contributed by atoms with Crippen molar-refractivity contribution >= 4 is 32.9 Å². The molecule has 0 aliphatic heterocycles. The SMILES string of the molecule is CNc1cc(N)c(S(=O)(=O)O)cc1N=Nc1ccccc1. The second-order valence-corrected chi connectivity index (χ2v) is 5.56. The van der Waals surface area contributed by atoms with Crippen LogP contribution in [0.5, 0.6) is 0 Å². The predicted molar refractivity (Wildman–Crippen MR) is 80.8 cm³/mol. The van der Waals surface area contributed by atoms with E-state index in [0.29, 0.717) is 11.4 Å². The topological polar surface area (TPSA) is 117 Å². The first-order valence-corrected chi connectivity index (χ1v) is 7.41. The maximum atomic E-state index is 11.3. The van der Waals surface area contributed by atoms with E-state index in [1.165, 1.54) is 12.1 Å². The Hall–Kier alpha value is -2.45. The van der Waals surface area contributed by atoms with Gasteiger partial charge in [-0.25, -0.2) is 0 Å². The van der Waals surface area contributed by atoms with E-state index in [1.807, 2.05) is 6.07 Å². The van der Waals surface area contributed by atoms with Crippen molar-refractivity contribution < 1.29 is 13.0 Å². The molecule has 7 nitrogen and oxygen atoms in total. The van der Waals surface area contributed by atoms with Crippen molar-refractivity contribution in [1.29, 1.82) is 0 Å². The summed E-state index contributed by atoms with van der Waals surface area (Å²) in [7, 11) is -2.78. The fourth-order valence-corrected chi connectivity index (χ4v) is 2.32. The average Bonchev–Trinajstić information content (AvgIpc) is 2.45. The highest BCUT2D eigenvalue weighted by Gasteiger charge is 2.17. The number of azo groups is 1. The standard InChI is InChI=1S/C13H14N4O3S/c1-15-11-7-10(14)13(21(18,19)20)8-12(11)17-16-9-5-3-2-4-6-9/h2-8,15H,14H2,1H3,(H,18,19,20). The van der Waals surface area contributed by atoms with Crippen LogP contribution in [0.2, 0.25) is 0 Å². The van der Waals surface area contributed by atoms with Crippen LogP contribution in [0.25, 0.3) is 0 Å². The molecule has 0 spiro atoms. The Balaban J connectivity index is 2.50. The van der Waals surface area contributed by atoms with E-state index >= 15 is 0 Å². The van der Waals surface area contributed by atoms with E-state index in [4.69, 9.17) is 10.3 Å². The highest BCUT2D eigenvalue weighted by atomic mass is 32.2. The summed E-state index contributed by atoms with van der Waals surface area (Å²) >= 11 is 0. The van der Waals surface area contributed by atoms with E-state index in [2.05, 4.69) is 15.5 Å². The lowest BCUT2D eigenvalue weighted by Gasteiger charge is -2.09. The van der Waals surface area contributed by atoms with Crippen molar-refractivity contribution in [2.24, 2.45) is 10.2 Å². The minimum atomic E-state index is -4.42. The number of nitrogens with zero attached hydrogens (tertiary/aromatic N) is 2. The van der Waals surface area contributed by atoms with Gasteiger partial charge in [0.25, 0.3) is 10.1 Å². The molecule has 0 atom stereocenters. The third-order valence-electron chi connectivity index (χ3n) is 2.70. The average molecular weight is 306 g/mol. The molecule has 0 aliphatic rings. The van der Waals surface area contributed by atoms with Gasteiger partial charge in [0.2, 0.25) is 0 Å². The number of nitrogen functional groups attached to an aromatic ring is 1. The van der Waals surface area contributed by atoms with Gasteiger partial charge in [-0.1, -0.05) is 18.2 Å². The molecule has 0 radical (unpaired) electrons. The second-order valence-electron chi connectivity index (χ2n) is 4.17. The summed E-state index contributed by atoms with van der Waals surface area (Å²) in [6.45, 7) is 0. The monoisotopic (exact) mass is 306 g/mol. The van der Waals surface area contributed by atoms with Gasteiger partial charge >= 0.3 is 0 Å². The maximum absolute atomic E-state index is 11.3. The molecule has 2 aromatic carbocycles. The Labute approximate surface area is 122 Å². The highest BCUT2D eigenvalue weighted by molar-refractivity contribution is 7.86. The molecule has 8 heteroatoms. The molecule has 0 fully saturated rings. The Kier molecular flexibility index (Phi) is 4.20. The number of rotatable bonds is 4. The van der Waals surface area contributed by atoms with Crippen LogP contribution in [0.15, 0.2) is 57.6 Å². The lowest BCUT2D eigenvalue weighted by molar-refractivity contribution is 0.483. The van der Waals surface area contributed by atoms with Crippen LogP contribution in [0.3, 0.4) is 0 Å². The third kappa shape index (κ3) is 3.56. The molecule has 2 rings (SSSR count). The minimum Gasteiger partial charge on any atom is -0.398 e. The van der Waals surface area contributed by atoms with Crippen LogP contribution in [0.4, 0.5) is 22.7 Å². The molecule has 21 heavy (non-hydrogen) atoms. The van der Waals surface area contributed by atoms with Crippen LogP contribution < -0.4 is 11.1 Å². The maximum Gasteiger partial charge on any atom is 0.296 e. The molecule has 0 heterocycles. The fraction of sp³-hybridized carbons (Fsp3) is 0.0769. The Morgan fingerprint density at radius 2 is 1.81 bits per heavy atom. The normalized spacial score (nSPS) is 11.7. The van der Waals surface area contributed by atoms with E-state index < -0.39 is 15.0 Å². The van der Waals surface area contributed by atoms with Gasteiger partial charge in [-0.2, -0.15) is 13.5 Å². The molecule has 2 aromatic rings. The molecule has 0 saturated heterocycles. The zero-order chi connectivity index (χ0) is 15.5. The van der Waals surface area contributed by atoms with E-state index in [0.717, 1.165) is 0 Å². The molecule has 0 aliphatic carbocycles. The van der Waals surface area contributed by atoms with Crippen molar-refractivity contribution in [2.75, 3.05) is 18.1 Å². The number of anilines is 2. The quantitative estimate of drug-likeness (QED) is 0.456. The van der Waals surface area contributed by atoms with Gasteiger partial charge in [0.05, 0.1) is 17.1 Å².